The third kappa shape index (κ3) is 3.81. The summed E-state index contributed by atoms with van der Waals surface area (Å²) in [5, 5.41) is 0. The van der Waals surface area contributed by atoms with Crippen LogP contribution in [-0.4, -0.2) is 40.2 Å². The second-order valence-corrected chi connectivity index (χ2v) is 8.93. The van der Waals surface area contributed by atoms with Crippen molar-refractivity contribution in [1.82, 2.24) is 9.80 Å². The van der Waals surface area contributed by atoms with E-state index in [1.807, 2.05) is 9.80 Å². The van der Waals surface area contributed by atoms with E-state index in [4.69, 9.17) is 0 Å². The van der Waals surface area contributed by atoms with Crippen LogP contribution in [0.15, 0.2) is 24.3 Å². The number of amides is 2. The van der Waals surface area contributed by atoms with Crippen molar-refractivity contribution >= 4 is 11.8 Å². The fraction of sp³-hybridized carbons (Fsp3) is 0.652. The average molecular weight is 387 g/mol. The molecule has 1 aromatic carbocycles. The highest BCUT2D eigenvalue weighted by Gasteiger charge is 2.45. The van der Waals surface area contributed by atoms with E-state index in [0.717, 1.165) is 56.9 Å². The van der Waals surface area contributed by atoms with Crippen molar-refractivity contribution < 1.29 is 14.0 Å². The molecule has 1 aliphatic heterocycles. The van der Waals surface area contributed by atoms with Crippen molar-refractivity contribution in [2.75, 3.05) is 6.54 Å². The molecule has 3 aliphatic rings. The van der Waals surface area contributed by atoms with Gasteiger partial charge in [-0.05, 0) is 62.1 Å². The van der Waals surface area contributed by atoms with Gasteiger partial charge >= 0.3 is 0 Å². The first-order valence-electron chi connectivity index (χ1n) is 10.9. The van der Waals surface area contributed by atoms with Crippen molar-refractivity contribution in [1.29, 1.82) is 0 Å². The standard InChI is InChI=1S/C23H31FN2O2/c1-16-7-13-19(14-8-16)25-15-21(27)26(20-5-3-2-4-6-20)22(23(25)28)17-9-11-18(24)12-10-17/h9-12,16,19-20,22H,2-8,13-15H2,1H3/t16?,19?,22-/m0/s1. The summed E-state index contributed by atoms with van der Waals surface area (Å²) in [7, 11) is 0. The Morgan fingerprint density at radius 3 is 2.14 bits per heavy atom. The minimum absolute atomic E-state index is 0.0244. The summed E-state index contributed by atoms with van der Waals surface area (Å²) in [5.74, 6) is 0.454. The van der Waals surface area contributed by atoms with E-state index < -0.39 is 6.04 Å². The lowest BCUT2D eigenvalue weighted by atomic mass is 9.85. The van der Waals surface area contributed by atoms with E-state index in [0.29, 0.717) is 5.92 Å². The van der Waals surface area contributed by atoms with Gasteiger partial charge in [0.25, 0.3) is 5.91 Å². The number of halogens is 1. The summed E-state index contributed by atoms with van der Waals surface area (Å²) in [6, 6.07) is 5.81. The molecule has 0 radical (unpaired) electrons. The summed E-state index contributed by atoms with van der Waals surface area (Å²) in [4.78, 5) is 30.6. The molecule has 3 fully saturated rings. The summed E-state index contributed by atoms with van der Waals surface area (Å²) >= 11 is 0. The first kappa shape index (κ1) is 19.4. The Morgan fingerprint density at radius 1 is 0.857 bits per heavy atom. The Kier molecular flexibility index (Phi) is 5.70. The lowest BCUT2D eigenvalue weighted by molar-refractivity contribution is -0.162. The molecule has 5 heteroatoms. The highest BCUT2D eigenvalue weighted by atomic mass is 19.1. The predicted octanol–water partition coefficient (Wildman–Crippen LogP) is 4.45. The minimum atomic E-state index is -0.607. The highest BCUT2D eigenvalue weighted by Crippen LogP contribution is 2.37. The van der Waals surface area contributed by atoms with E-state index in [2.05, 4.69) is 6.92 Å². The first-order valence-corrected chi connectivity index (χ1v) is 10.9. The van der Waals surface area contributed by atoms with Crippen LogP contribution in [-0.2, 0) is 9.59 Å². The predicted molar refractivity (Wildman–Crippen MR) is 106 cm³/mol. The molecule has 4 rings (SSSR count). The monoisotopic (exact) mass is 386 g/mol. The van der Waals surface area contributed by atoms with Crippen LogP contribution < -0.4 is 0 Å². The number of carbonyl (C=O) groups excluding carboxylic acids is 2. The van der Waals surface area contributed by atoms with Gasteiger partial charge < -0.3 is 9.80 Å². The van der Waals surface area contributed by atoms with Crippen molar-refractivity contribution in [3.8, 4) is 0 Å². The summed E-state index contributed by atoms with van der Waals surface area (Å²) in [5.41, 5.74) is 0.735. The molecule has 2 saturated carbocycles. The molecule has 1 saturated heterocycles. The second-order valence-electron chi connectivity index (χ2n) is 8.93. The van der Waals surface area contributed by atoms with Crippen LogP contribution in [0.3, 0.4) is 0 Å². The SMILES string of the molecule is CC1CCC(N2CC(=O)N(C3CCCCC3)[C@@H](c3ccc(F)cc3)C2=O)CC1. The second kappa shape index (κ2) is 8.22. The summed E-state index contributed by atoms with van der Waals surface area (Å²) in [6.45, 7) is 2.46. The zero-order valence-corrected chi connectivity index (χ0v) is 16.8. The molecule has 0 aromatic heterocycles. The Bertz CT molecular complexity index is 706. The number of nitrogens with zero attached hydrogens (tertiary/aromatic N) is 2. The molecule has 4 nitrogen and oxygen atoms in total. The number of piperazine rings is 1. The molecule has 28 heavy (non-hydrogen) atoms. The Morgan fingerprint density at radius 2 is 1.50 bits per heavy atom. The van der Waals surface area contributed by atoms with Crippen molar-refractivity contribution in [2.24, 2.45) is 5.92 Å². The molecule has 1 atom stereocenters. The number of benzene rings is 1. The van der Waals surface area contributed by atoms with Gasteiger partial charge in [0.1, 0.15) is 18.4 Å². The van der Waals surface area contributed by atoms with Crippen LogP contribution in [0.1, 0.15) is 76.3 Å². The van der Waals surface area contributed by atoms with Gasteiger partial charge in [0.15, 0.2) is 0 Å². The zero-order chi connectivity index (χ0) is 19.7. The Hall–Kier alpha value is -1.91. The molecular formula is C23H31FN2O2. The maximum atomic E-state index is 13.6. The van der Waals surface area contributed by atoms with Crippen LogP contribution in [0.25, 0.3) is 0 Å². The van der Waals surface area contributed by atoms with Crippen molar-refractivity contribution in [2.45, 2.75) is 82.8 Å². The van der Waals surface area contributed by atoms with E-state index >= 15 is 0 Å². The van der Waals surface area contributed by atoms with E-state index in [-0.39, 0.29) is 36.3 Å². The van der Waals surface area contributed by atoms with Crippen molar-refractivity contribution in [3.63, 3.8) is 0 Å². The van der Waals surface area contributed by atoms with E-state index in [9.17, 15) is 14.0 Å². The summed E-state index contributed by atoms with van der Waals surface area (Å²) in [6.07, 6.45) is 9.47. The smallest absolute Gasteiger partial charge is 0.250 e. The zero-order valence-electron chi connectivity index (χ0n) is 16.8. The Balaban J connectivity index is 1.64. The van der Waals surface area contributed by atoms with Crippen LogP contribution in [0.5, 0.6) is 0 Å². The lowest BCUT2D eigenvalue weighted by Crippen LogP contribution is -2.61. The van der Waals surface area contributed by atoms with Crippen molar-refractivity contribution in [3.05, 3.63) is 35.6 Å². The third-order valence-electron chi connectivity index (χ3n) is 6.97. The topological polar surface area (TPSA) is 40.6 Å². The maximum absolute atomic E-state index is 13.6. The molecule has 1 heterocycles. The van der Waals surface area contributed by atoms with Crippen LogP contribution in [0, 0.1) is 11.7 Å². The normalized spacial score (nSPS) is 30.0. The first-order chi connectivity index (χ1) is 13.5. The molecule has 0 spiro atoms. The van der Waals surface area contributed by atoms with Gasteiger partial charge in [-0.15, -0.1) is 0 Å². The lowest BCUT2D eigenvalue weighted by Gasteiger charge is -2.48. The largest absolute Gasteiger partial charge is 0.328 e. The van der Waals surface area contributed by atoms with E-state index in [1.54, 1.807) is 12.1 Å². The minimum Gasteiger partial charge on any atom is -0.328 e. The maximum Gasteiger partial charge on any atom is 0.250 e. The molecular weight excluding hydrogens is 355 g/mol. The quantitative estimate of drug-likeness (QED) is 0.770. The van der Waals surface area contributed by atoms with Gasteiger partial charge in [-0.3, -0.25) is 9.59 Å². The molecule has 152 valence electrons. The Labute approximate surface area is 167 Å². The third-order valence-corrected chi connectivity index (χ3v) is 6.97. The van der Waals surface area contributed by atoms with Crippen LogP contribution >= 0.6 is 0 Å². The molecule has 0 unspecified atom stereocenters. The van der Waals surface area contributed by atoms with E-state index in [1.165, 1.54) is 18.6 Å². The summed E-state index contributed by atoms with van der Waals surface area (Å²) < 4.78 is 13.5. The van der Waals surface area contributed by atoms with Crippen LogP contribution in [0.4, 0.5) is 4.39 Å². The van der Waals surface area contributed by atoms with Gasteiger partial charge in [0.05, 0.1) is 0 Å². The molecule has 2 aliphatic carbocycles. The van der Waals surface area contributed by atoms with Gasteiger partial charge in [-0.25, -0.2) is 4.39 Å². The van der Waals surface area contributed by atoms with Gasteiger partial charge in [0, 0.05) is 12.1 Å². The molecule has 0 N–H and O–H groups in total. The van der Waals surface area contributed by atoms with Gasteiger partial charge in [0.2, 0.25) is 5.91 Å². The highest BCUT2D eigenvalue weighted by molar-refractivity contribution is 5.96. The molecule has 1 aromatic rings. The van der Waals surface area contributed by atoms with Gasteiger partial charge in [-0.2, -0.15) is 0 Å². The van der Waals surface area contributed by atoms with Crippen LogP contribution in [0.2, 0.25) is 0 Å². The number of hydrogen-bond acceptors (Lipinski definition) is 2. The number of carbonyl (C=O) groups is 2. The average Bonchev–Trinajstić information content (AvgIpc) is 2.71. The molecule has 0 bridgehead atoms. The van der Waals surface area contributed by atoms with Gasteiger partial charge in [-0.1, -0.05) is 38.3 Å². The number of hydrogen-bond donors (Lipinski definition) is 0. The fourth-order valence-corrected chi connectivity index (χ4v) is 5.31. The molecule has 2 amide bonds. The number of rotatable bonds is 3. The fourth-order valence-electron chi connectivity index (χ4n) is 5.31.